The topological polar surface area (TPSA) is 113 Å². The Morgan fingerprint density at radius 1 is 1.20 bits per heavy atom. The summed E-state index contributed by atoms with van der Waals surface area (Å²) in [6.07, 6.45) is 3.89. The predicted octanol–water partition coefficient (Wildman–Crippen LogP) is 3.69. The number of nitrogens with zero attached hydrogens (tertiary/aromatic N) is 2. The zero-order valence-corrected chi connectivity index (χ0v) is 15.8. The maximum Gasteiger partial charge on any atom is 0.216 e. The molecule has 1 heterocycles. The van der Waals surface area contributed by atoms with Crippen molar-refractivity contribution in [3.8, 4) is 0 Å². The van der Waals surface area contributed by atoms with Gasteiger partial charge in [0, 0.05) is 17.9 Å². The van der Waals surface area contributed by atoms with E-state index < -0.39 is 0 Å². The summed E-state index contributed by atoms with van der Waals surface area (Å²) in [5.41, 5.74) is 7.86. The lowest BCUT2D eigenvalue weighted by atomic mass is 9.95. The number of nitrogens with one attached hydrogen (secondary N) is 2. The molecule has 25 heavy (non-hydrogen) atoms. The second-order valence-corrected chi connectivity index (χ2v) is 8.01. The SMILES string of the molecule is CC(=N)SC[C@H](CCc1nnco1)c1ccc(CCSC(=N)N)cc1. The van der Waals surface area contributed by atoms with Gasteiger partial charge in [-0.05, 0) is 36.8 Å². The monoisotopic (exact) mass is 377 g/mol. The first-order valence-corrected chi connectivity index (χ1v) is 10.0. The zero-order chi connectivity index (χ0) is 18.1. The van der Waals surface area contributed by atoms with Gasteiger partial charge in [0.05, 0.1) is 5.04 Å². The van der Waals surface area contributed by atoms with Crippen LogP contribution in [0.15, 0.2) is 35.1 Å². The second-order valence-electron chi connectivity index (χ2n) is 5.64. The Balaban J connectivity index is 1.96. The highest BCUT2D eigenvalue weighted by Crippen LogP contribution is 2.27. The van der Waals surface area contributed by atoms with Crippen LogP contribution in [-0.4, -0.2) is 31.9 Å². The predicted molar refractivity (Wildman–Crippen MR) is 106 cm³/mol. The van der Waals surface area contributed by atoms with Gasteiger partial charge in [-0.25, -0.2) is 0 Å². The van der Waals surface area contributed by atoms with Crippen molar-refractivity contribution >= 4 is 33.7 Å². The molecule has 0 fully saturated rings. The molecular weight excluding hydrogens is 354 g/mol. The number of hydrogen-bond acceptors (Lipinski definition) is 7. The molecule has 0 amide bonds. The van der Waals surface area contributed by atoms with Crippen LogP contribution in [0.25, 0.3) is 0 Å². The van der Waals surface area contributed by atoms with Crippen molar-refractivity contribution in [2.75, 3.05) is 11.5 Å². The molecule has 4 N–H and O–H groups in total. The lowest BCUT2D eigenvalue weighted by Gasteiger charge is -2.16. The second kappa shape index (κ2) is 10.2. The maximum absolute atomic E-state index is 7.66. The maximum atomic E-state index is 7.66. The molecule has 0 bridgehead atoms. The van der Waals surface area contributed by atoms with Crippen molar-refractivity contribution in [1.82, 2.24) is 10.2 Å². The van der Waals surface area contributed by atoms with Crippen LogP contribution < -0.4 is 5.73 Å². The van der Waals surface area contributed by atoms with Gasteiger partial charge < -0.3 is 10.2 Å². The van der Waals surface area contributed by atoms with E-state index in [9.17, 15) is 0 Å². The molecule has 8 heteroatoms. The normalized spacial score (nSPS) is 12.0. The number of aromatic nitrogens is 2. The largest absolute Gasteiger partial charge is 0.428 e. The zero-order valence-electron chi connectivity index (χ0n) is 14.2. The summed E-state index contributed by atoms with van der Waals surface area (Å²) >= 11 is 2.93. The average Bonchev–Trinajstić information content (AvgIpc) is 3.09. The van der Waals surface area contributed by atoms with Gasteiger partial charge in [-0.1, -0.05) is 36.0 Å². The number of amidine groups is 1. The van der Waals surface area contributed by atoms with Gasteiger partial charge in [0.2, 0.25) is 12.3 Å². The molecular formula is C17H23N5OS2. The first-order valence-electron chi connectivity index (χ1n) is 8.03. The number of hydrogen-bond donors (Lipinski definition) is 3. The molecule has 0 spiro atoms. The van der Waals surface area contributed by atoms with Crippen molar-refractivity contribution in [1.29, 1.82) is 10.8 Å². The van der Waals surface area contributed by atoms with E-state index in [0.29, 0.717) is 16.9 Å². The first kappa shape index (κ1) is 19.5. The van der Waals surface area contributed by atoms with E-state index in [1.54, 1.807) is 11.8 Å². The summed E-state index contributed by atoms with van der Waals surface area (Å²) in [5, 5.41) is 23.3. The third-order valence-electron chi connectivity index (χ3n) is 3.71. The Kier molecular flexibility index (Phi) is 8.00. The molecule has 0 radical (unpaired) electrons. The van der Waals surface area contributed by atoms with Crippen molar-refractivity contribution < 1.29 is 4.42 Å². The van der Waals surface area contributed by atoms with Crippen LogP contribution in [0.2, 0.25) is 0 Å². The number of thioether (sulfide) groups is 2. The quantitative estimate of drug-likeness (QED) is 0.454. The molecule has 0 unspecified atom stereocenters. The van der Waals surface area contributed by atoms with E-state index in [1.807, 2.05) is 6.92 Å². The minimum absolute atomic E-state index is 0.164. The van der Waals surface area contributed by atoms with Crippen LogP contribution in [0.3, 0.4) is 0 Å². The molecule has 2 aromatic rings. The minimum atomic E-state index is 0.164. The Morgan fingerprint density at radius 2 is 1.96 bits per heavy atom. The highest BCUT2D eigenvalue weighted by molar-refractivity contribution is 8.13. The molecule has 0 aliphatic carbocycles. The van der Waals surface area contributed by atoms with Crippen LogP contribution in [0.1, 0.15) is 36.3 Å². The van der Waals surface area contributed by atoms with Gasteiger partial charge in [-0.2, -0.15) is 0 Å². The molecule has 1 aromatic carbocycles. The number of aryl methyl sites for hydroxylation is 2. The smallest absolute Gasteiger partial charge is 0.216 e. The van der Waals surface area contributed by atoms with Gasteiger partial charge in [0.1, 0.15) is 0 Å². The number of nitrogens with two attached hydrogens (primary N) is 1. The Labute approximate surface area is 156 Å². The van der Waals surface area contributed by atoms with Gasteiger partial charge >= 0.3 is 0 Å². The molecule has 6 nitrogen and oxygen atoms in total. The van der Waals surface area contributed by atoms with E-state index in [-0.39, 0.29) is 5.17 Å². The summed E-state index contributed by atoms with van der Waals surface area (Å²) in [4.78, 5) is 0. The van der Waals surface area contributed by atoms with Crippen LogP contribution in [0.5, 0.6) is 0 Å². The van der Waals surface area contributed by atoms with Crippen LogP contribution in [0, 0.1) is 10.8 Å². The summed E-state index contributed by atoms with van der Waals surface area (Å²) in [7, 11) is 0. The molecule has 0 saturated heterocycles. The molecule has 0 aliphatic rings. The van der Waals surface area contributed by atoms with Crippen molar-refractivity contribution in [3.63, 3.8) is 0 Å². The summed E-state index contributed by atoms with van der Waals surface area (Å²) in [6, 6.07) is 8.59. The van der Waals surface area contributed by atoms with E-state index in [0.717, 1.165) is 30.8 Å². The van der Waals surface area contributed by atoms with Gasteiger partial charge in [0.25, 0.3) is 0 Å². The Morgan fingerprint density at radius 3 is 2.56 bits per heavy atom. The fourth-order valence-electron chi connectivity index (χ4n) is 2.41. The van der Waals surface area contributed by atoms with E-state index >= 15 is 0 Å². The van der Waals surface area contributed by atoms with Crippen LogP contribution in [-0.2, 0) is 12.8 Å². The first-order chi connectivity index (χ1) is 12.0. The van der Waals surface area contributed by atoms with Gasteiger partial charge in [0.15, 0.2) is 5.17 Å². The molecule has 134 valence electrons. The fourth-order valence-corrected chi connectivity index (χ4v) is 3.78. The molecule has 2 rings (SSSR count). The Hall–Kier alpha value is -1.80. The third-order valence-corrected chi connectivity index (χ3v) is 5.43. The third kappa shape index (κ3) is 7.31. The van der Waals surface area contributed by atoms with E-state index in [2.05, 4.69) is 34.5 Å². The number of benzene rings is 1. The van der Waals surface area contributed by atoms with Crippen molar-refractivity contribution in [3.05, 3.63) is 47.7 Å². The average molecular weight is 378 g/mol. The minimum Gasteiger partial charge on any atom is -0.428 e. The van der Waals surface area contributed by atoms with Crippen LogP contribution in [0.4, 0.5) is 0 Å². The van der Waals surface area contributed by atoms with Gasteiger partial charge in [-0.3, -0.25) is 10.8 Å². The molecule has 1 atom stereocenters. The lowest BCUT2D eigenvalue weighted by molar-refractivity contribution is 0.477. The standard InChI is InChI=1S/C17H23N5OS2/c1-12(18)25-10-15(6-7-16-22-21-11-23-16)14-4-2-13(3-5-14)8-9-24-17(19)20/h2-5,11,15,18H,6-10H2,1H3,(H3,19,20)/t15-/m0/s1. The highest BCUT2D eigenvalue weighted by Gasteiger charge is 2.14. The molecule has 1 aromatic heterocycles. The summed E-state index contributed by atoms with van der Waals surface area (Å²) in [6.45, 7) is 1.81. The summed E-state index contributed by atoms with van der Waals surface area (Å²) in [5.74, 6) is 2.67. The summed E-state index contributed by atoms with van der Waals surface area (Å²) < 4.78 is 5.23. The van der Waals surface area contributed by atoms with E-state index in [4.69, 9.17) is 21.0 Å². The number of rotatable bonds is 9. The fraction of sp³-hybridized carbons (Fsp3) is 0.412. The van der Waals surface area contributed by atoms with Gasteiger partial charge in [-0.15, -0.1) is 22.0 Å². The molecule has 0 aliphatic heterocycles. The van der Waals surface area contributed by atoms with Crippen molar-refractivity contribution in [2.45, 2.75) is 32.1 Å². The lowest BCUT2D eigenvalue weighted by Crippen LogP contribution is -2.07. The molecule has 0 saturated carbocycles. The van der Waals surface area contributed by atoms with Crippen molar-refractivity contribution in [2.24, 2.45) is 5.73 Å². The highest BCUT2D eigenvalue weighted by atomic mass is 32.2. The Bertz CT molecular complexity index is 673. The van der Waals surface area contributed by atoms with E-state index in [1.165, 1.54) is 29.3 Å². The van der Waals surface area contributed by atoms with Crippen LogP contribution >= 0.6 is 23.5 Å².